The summed E-state index contributed by atoms with van der Waals surface area (Å²) in [6.07, 6.45) is -5.03. The molecule has 0 saturated carbocycles. The predicted molar refractivity (Wildman–Crippen MR) is 115 cm³/mol. The smallest absolute Gasteiger partial charge is 0.406 e. The summed E-state index contributed by atoms with van der Waals surface area (Å²) in [4.78, 5) is 12.0. The number of carbonyl (C=O) groups is 1. The lowest BCUT2D eigenvalue weighted by Crippen LogP contribution is -2.28. The fourth-order valence-electron chi connectivity index (χ4n) is 3.03. The lowest BCUT2D eigenvalue weighted by Gasteiger charge is -2.11. The van der Waals surface area contributed by atoms with Crippen molar-refractivity contribution in [3.05, 3.63) is 66.0 Å². The molecule has 3 rings (SSSR count). The highest BCUT2D eigenvalue weighted by molar-refractivity contribution is 7.89. The molecule has 8 nitrogen and oxygen atoms in total. The minimum atomic E-state index is -4.87. The molecule has 3 aromatic rings. The number of ether oxygens (including phenoxy) is 1. The third kappa shape index (κ3) is 6.80. The first-order valence-electron chi connectivity index (χ1n) is 9.72. The number of anilines is 1. The number of nitrogens with one attached hydrogen (secondary N) is 2. The zero-order chi connectivity index (χ0) is 24.2. The van der Waals surface area contributed by atoms with Gasteiger partial charge in [0.25, 0.3) is 0 Å². The van der Waals surface area contributed by atoms with E-state index in [-0.39, 0.29) is 17.9 Å². The Labute approximate surface area is 188 Å². The number of carbonyl (C=O) groups excluding carboxylic acids is 1. The minimum absolute atomic E-state index is 0.154. The molecular formula is C21H21F3N4O4S. The van der Waals surface area contributed by atoms with Gasteiger partial charge in [0.05, 0.1) is 16.3 Å². The van der Waals surface area contributed by atoms with Crippen molar-refractivity contribution in [2.75, 3.05) is 11.9 Å². The Balaban J connectivity index is 1.55. The fraction of sp³-hybridized carbons (Fsp3) is 0.238. The molecule has 1 amide bonds. The normalized spacial score (nSPS) is 11.9. The van der Waals surface area contributed by atoms with Crippen LogP contribution in [-0.4, -0.2) is 37.0 Å². The van der Waals surface area contributed by atoms with Crippen LogP contribution >= 0.6 is 0 Å². The van der Waals surface area contributed by atoms with Crippen molar-refractivity contribution >= 4 is 21.6 Å². The molecule has 0 fully saturated rings. The van der Waals surface area contributed by atoms with Gasteiger partial charge in [-0.3, -0.25) is 4.79 Å². The average Bonchev–Trinajstić information content (AvgIpc) is 3.05. The maximum absolute atomic E-state index is 12.3. The fourth-order valence-corrected chi connectivity index (χ4v) is 4.06. The van der Waals surface area contributed by atoms with Crippen molar-refractivity contribution in [1.82, 2.24) is 14.5 Å². The molecule has 0 aliphatic carbocycles. The Kier molecular flexibility index (Phi) is 7.08. The van der Waals surface area contributed by atoms with E-state index in [4.69, 9.17) is 0 Å². The first kappa shape index (κ1) is 24.3. The summed E-state index contributed by atoms with van der Waals surface area (Å²) < 4.78 is 68.9. The number of rotatable bonds is 8. The molecule has 2 N–H and O–H groups in total. The summed E-state index contributed by atoms with van der Waals surface area (Å²) in [6.45, 7) is 3.58. The van der Waals surface area contributed by atoms with Crippen molar-refractivity contribution < 1.29 is 31.1 Å². The van der Waals surface area contributed by atoms with Crippen molar-refractivity contribution in [2.24, 2.45) is 0 Å². The first-order valence-corrected chi connectivity index (χ1v) is 11.2. The predicted octanol–water partition coefficient (Wildman–Crippen LogP) is 3.69. The second kappa shape index (κ2) is 9.63. The number of benzene rings is 2. The Bertz CT molecular complexity index is 1240. The van der Waals surface area contributed by atoms with Gasteiger partial charge in [0, 0.05) is 24.3 Å². The van der Waals surface area contributed by atoms with Crippen molar-refractivity contribution in [2.45, 2.75) is 31.5 Å². The maximum atomic E-state index is 12.3. The van der Waals surface area contributed by atoms with Crippen LogP contribution in [-0.2, 0) is 14.8 Å². The van der Waals surface area contributed by atoms with Crippen LogP contribution in [0.1, 0.15) is 17.8 Å². The van der Waals surface area contributed by atoms with Crippen LogP contribution in [0.25, 0.3) is 5.69 Å². The van der Waals surface area contributed by atoms with Crippen LogP contribution in [0.5, 0.6) is 5.75 Å². The Morgan fingerprint density at radius 3 is 2.39 bits per heavy atom. The largest absolute Gasteiger partial charge is 0.573 e. The lowest BCUT2D eigenvalue weighted by molar-refractivity contribution is -0.274. The monoisotopic (exact) mass is 482 g/mol. The number of hydrogen-bond donors (Lipinski definition) is 2. The highest BCUT2D eigenvalue weighted by Crippen LogP contribution is 2.24. The van der Waals surface area contributed by atoms with E-state index in [9.17, 15) is 26.4 Å². The van der Waals surface area contributed by atoms with E-state index in [1.54, 1.807) is 22.9 Å². The maximum Gasteiger partial charge on any atom is 0.573 e. The van der Waals surface area contributed by atoms with Crippen molar-refractivity contribution in [1.29, 1.82) is 0 Å². The van der Waals surface area contributed by atoms with E-state index in [0.717, 1.165) is 41.3 Å². The van der Waals surface area contributed by atoms with Gasteiger partial charge in [0.15, 0.2) is 0 Å². The van der Waals surface area contributed by atoms with Crippen LogP contribution in [0.15, 0.2) is 59.5 Å². The molecule has 0 atom stereocenters. The standard InChI is InChI=1S/C21H21F3N4O4S/c1-14-12-15(2)28(27-14)17-5-3-4-16(13-17)26-20(29)10-11-25-33(30,31)19-8-6-18(7-9-19)32-21(22,23)24/h3-9,12-13,25H,10-11H2,1-2H3,(H,26,29). The second-order valence-corrected chi connectivity index (χ2v) is 8.87. The zero-order valence-electron chi connectivity index (χ0n) is 17.7. The number of hydrogen-bond acceptors (Lipinski definition) is 5. The van der Waals surface area contributed by atoms with Crippen LogP contribution in [0, 0.1) is 13.8 Å². The van der Waals surface area contributed by atoms with Gasteiger partial charge < -0.3 is 10.1 Å². The Morgan fingerprint density at radius 2 is 1.79 bits per heavy atom. The van der Waals surface area contributed by atoms with Crippen LogP contribution in [0.3, 0.4) is 0 Å². The highest BCUT2D eigenvalue weighted by Gasteiger charge is 2.31. The van der Waals surface area contributed by atoms with Gasteiger partial charge in [-0.2, -0.15) is 5.10 Å². The van der Waals surface area contributed by atoms with Gasteiger partial charge in [0.2, 0.25) is 15.9 Å². The number of sulfonamides is 1. The molecule has 0 aliphatic heterocycles. The number of nitrogens with zero attached hydrogens (tertiary/aromatic N) is 2. The molecule has 33 heavy (non-hydrogen) atoms. The van der Waals surface area contributed by atoms with Gasteiger partial charge in [-0.1, -0.05) is 6.07 Å². The first-order chi connectivity index (χ1) is 15.4. The molecule has 0 unspecified atom stereocenters. The number of aromatic nitrogens is 2. The molecule has 2 aromatic carbocycles. The summed E-state index contributed by atoms with van der Waals surface area (Å²) in [7, 11) is -4.01. The molecule has 0 aliphatic rings. The van der Waals surface area contributed by atoms with Gasteiger partial charge in [-0.05, 0) is 62.4 Å². The highest BCUT2D eigenvalue weighted by atomic mass is 32.2. The topological polar surface area (TPSA) is 102 Å². The number of aryl methyl sites for hydroxylation is 2. The quantitative estimate of drug-likeness (QED) is 0.510. The number of amides is 1. The number of halogens is 3. The molecular weight excluding hydrogens is 461 g/mol. The van der Waals surface area contributed by atoms with E-state index < -0.39 is 28.0 Å². The Hall–Kier alpha value is -3.38. The molecule has 176 valence electrons. The molecule has 0 saturated heterocycles. The van der Waals surface area contributed by atoms with Gasteiger partial charge in [0.1, 0.15) is 5.75 Å². The number of alkyl halides is 3. The van der Waals surface area contributed by atoms with E-state index >= 15 is 0 Å². The third-order valence-corrected chi connectivity index (χ3v) is 5.87. The van der Waals surface area contributed by atoms with Crippen LogP contribution < -0.4 is 14.8 Å². The molecule has 1 aromatic heterocycles. The van der Waals surface area contributed by atoms with E-state index in [1.165, 1.54) is 0 Å². The van der Waals surface area contributed by atoms with Crippen molar-refractivity contribution in [3.8, 4) is 11.4 Å². The SMILES string of the molecule is Cc1cc(C)n(-c2cccc(NC(=O)CCNS(=O)(=O)c3ccc(OC(F)(F)F)cc3)c2)n1. The average molecular weight is 482 g/mol. The molecule has 0 spiro atoms. The van der Waals surface area contributed by atoms with E-state index in [0.29, 0.717) is 5.69 Å². The summed E-state index contributed by atoms with van der Waals surface area (Å²) in [5, 5.41) is 7.09. The van der Waals surface area contributed by atoms with Gasteiger partial charge >= 0.3 is 6.36 Å². The van der Waals surface area contributed by atoms with Crippen LogP contribution in [0.2, 0.25) is 0 Å². The molecule has 0 bridgehead atoms. The van der Waals surface area contributed by atoms with Crippen molar-refractivity contribution in [3.63, 3.8) is 0 Å². The third-order valence-electron chi connectivity index (χ3n) is 4.40. The van der Waals surface area contributed by atoms with E-state index in [1.807, 2.05) is 26.0 Å². The van der Waals surface area contributed by atoms with Gasteiger partial charge in [-0.25, -0.2) is 17.8 Å². The zero-order valence-corrected chi connectivity index (χ0v) is 18.5. The summed E-state index contributed by atoms with van der Waals surface area (Å²) >= 11 is 0. The van der Waals surface area contributed by atoms with Crippen LogP contribution in [0.4, 0.5) is 18.9 Å². The molecule has 12 heteroatoms. The summed E-state index contributed by atoms with van der Waals surface area (Å²) in [5.41, 5.74) is 3.07. The van der Waals surface area contributed by atoms with Gasteiger partial charge in [-0.15, -0.1) is 13.2 Å². The summed E-state index contributed by atoms with van der Waals surface area (Å²) in [5.74, 6) is -0.958. The lowest BCUT2D eigenvalue weighted by atomic mass is 10.2. The Morgan fingerprint density at radius 1 is 1.09 bits per heavy atom. The second-order valence-electron chi connectivity index (χ2n) is 7.10. The van der Waals surface area contributed by atoms with E-state index in [2.05, 4.69) is 19.9 Å². The minimum Gasteiger partial charge on any atom is -0.406 e. The molecule has 1 heterocycles. The summed E-state index contributed by atoms with van der Waals surface area (Å²) in [6, 6.07) is 12.7. The molecule has 0 radical (unpaired) electrons.